The largest absolute Gasteiger partial charge is 0.478 e. The number of hydrogen-bond donors (Lipinski definition) is 3. The van der Waals surface area contributed by atoms with Crippen molar-refractivity contribution in [1.82, 2.24) is 20.2 Å². The van der Waals surface area contributed by atoms with Crippen LogP contribution in [0.5, 0.6) is 0 Å². The molecule has 3 aromatic heterocycles. The maximum Gasteiger partial charge on any atom is 0.355 e. The van der Waals surface area contributed by atoms with Crippen LogP contribution >= 0.6 is 11.3 Å². The predicted molar refractivity (Wildman–Crippen MR) is 104 cm³/mol. The Morgan fingerprint density at radius 2 is 1.86 bits per heavy atom. The van der Waals surface area contributed by atoms with Gasteiger partial charge in [-0.25, -0.2) is 19.6 Å². The van der Waals surface area contributed by atoms with Gasteiger partial charge in [-0.1, -0.05) is 31.2 Å². The zero-order valence-corrected chi connectivity index (χ0v) is 15.4. The molecule has 0 saturated heterocycles. The van der Waals surface area contributed by atoms with Gasteiger partial charge >= 0.3 is 11.9 Å². The highest BCUT2D eigenvalue weighted by Crippen LogP contribution is 2.32. The Bertz CT molecular complexity index is 1210. The van der Waals surface area contributed by atoms with E-state index >= 15 is 0 Å². The lowest BCUT2D eigenvalue weighted by atomic mass is 10.0. The van der Waals surface area contributed by atoms with Crippen molar-refractivity contribution >= 4 is 34.3 Å². The number of fused-ring (bicyclic) bond motifs is 1. The number of carboxylic acids is 2. The van der Waals surface area contributed by atoms with Gasteiger partial charge in [-0.3, -0.25) is 5.10 Å². The number of carboxylic acid groups (broad SMARTS) is 2. The fourth-order valence-corrected chi connectivity index (χ4v) is 3.66. The summed E-state index contributed by atoms with van der Waals surface area (Å²) in [6.07, 6.45) is 0.904. The Morgan fingerprint density at radius 1 is 1.11 bits per heavy atom. The van der Waals surface area contributed by atoms with Gasteiger partial charge in [0.05, 0.1) is 16.6 Å². The summed E-state index contributed by atoms with van der Waals surface area (Å²) in [5.74, 6) is -2.28. The number of thiazole rings is 1. The molecule has 0 unspecified atom stereocenters. The lowest BCUT2D eigenvalue weighted by molar-refractivity contribution is 0.0683. The third kappa shape index (κ3) is 3.01. The van der Waals surface area contributed by atoms with Crippen molar-refractivity contribution in [2.24, 2.45) is 0 Å². The number of H-pyrrole nitrogens is 1. The van der Waals surface area contributed by atoms with Crippen LogP contribution in [0.1, 0.15) is 33.3 Å². The maximum atomic E-state index is 11.9. The summed E-state index contributed by atoms with van der Waals surface area (Å²) in [4.78, 5) is 31.4. The van der Waals surface area contributed by atoms with Crippen LogP contribution in [0.25, 0.3) is 33.0 Å². The first-order valence-electron chi connectivity index (χ1n) is 8.38. The van der Waals surface area contributed by atoms with E-state index in [9.17, 15) is 14.7 Å². The van der Waals surface area contributed by atoms with Crippen molar-refractivity contribution < 1.29 is 19.8 Å². The van der Waals surface area contributed by atoms with Gasteiger partial charge in [0.25, 0.3) is 0 Å². The van der Waals surface area contributed by atoms with Crippen molar-refractivity contribution in [3.05, 3.63) is 52.5 Å². The second-order valence-corrected chi connectivity index (χ2v) is 6.91. The SMILES string of the molecule is CCc1ccc(-c2[nH]nc3nc(-c4nc(C(=O)O)cs4)cc(C(=O)O)c23)cc1. The smallest absolute Gasteiger partial charge is 0.355 e. The number of carbonyl (C=O) groups is 2. The summed E-state index contributed by atoms with van der Waals surface area (Å²) in [6.45, 7) is 2.06. The number of aromatic carboxylic acids is 2. The molecule has 0 atom stereocenters. The van der Waals surface area contributed by atoms with Crippen LogP contribution in [0.2, 0.25) is 0 Å². The molecule has 0 fully saturated rings. The van der Waals surface area contributed by atoms with E-state index in [-0.39, 0.29) is 22.6 Å². The Labute approximate surface area is 162 Å². The first-order valence-corrected chi connectivity index (χ1v) is 9.26. The number of aromatic amines is 1. The minimum Gasteiger partial charge on any atom is -0.478 e. The number of nitrogens with one attached hydrogen (secondary N) is 1. The number of nitrogens with zero attached hydrogens (tertiary/aromatic N) is 3. The standard InChI is InChI=1S/C19H14N4O4S/c1-2-9-3-5-10(6-4-9)15-14-11(18(24)25)7-12(20-16(14)23-22-15)17-21-13(8-28-17)19(26)27/h3-8H,2H2,1H3,(H,24,25)(H,26,27)(H,20,22,23). The Kier molecular flexibility index (Phi) is 4.36. The zero-order valence-electron chi connectivity index (χ0n) is 14.6. The molecule has 4 aromatic rings. The summed E-state index contributed by atoms with van der Waals surface area (Å²) in [5.41, 5.74) is 2.95. The van der Waals surface area contributed by atoms with Gasteiger partial charge in [0, 0.05) is 10.9 Å². The van der Waals surface area contributed by atoms with Crippen LogP contribution in [-0.4, -0.2) is 42.3 Å². The molecular formula is C19H14N4O4S. The number of aromatic nitrogens is 4. The average molecular weight is 394 g/mol. The van der Waals surface area contributed by atoms with Gasteiger partial charge in [0.15, 0.2) is 11.3 Å². The first kappa shape index (κ1) is 17.8. The van der Waals surface area contributed by atoms with Crippen LogP contribution in [0, 0.1) is 0 Å². The zero-order chi connectivity index (χ0) is 19.8. The van der Waals surface area contributed by atoms with E-state index in [1.807, 2.05) is 24.3 Å². The molecule has 0 saturated carbocycles. The molecule has 9 heteroatoms. The lowest BCUT2D eigenvalue weighted by Gasteiger charge is -2.05. The molecule has 0 spiro atoms. The minimum atomic E-state index is -1.15. The molecule has 0 aliphatic carbocycles. The number of rotatable bonds is 5. The Hall–Kier alpha value is -3.59. The number of pyridine rings is 1. The predicted octanol–water partition coefficient (Wildman–Crippen LogP) is 3.71. The topological polar surface area (TPSA) is 129 Å². The molecule has 1 aromatic carbocycles. The van der Waals surface area contributed by atoms with Crippen LogP contribution < -0.4 is 0 Å². The fourth-order valence-electron chi connectivity index (χ4n) is 2.91. The third-order valence-corrected chi connectivity index (χ3v) is 5.21. The summed E-state index contributed by atoms with van der Waals surface area (Å²) in [7, 11) is 0. The molecule has 0 aliphatic heterocycles. The van der Waals surface area contributed by atoms with Crippen LogP contribution in [0.15, 0.2) is 35.7 Å². The average Bonchev–Trinajstić information content (AvgIpc) is 3.34. The molecule has 3 N–H and O–H groups in total. The highest BCUT2D eigenvalue weighted by molar-refractivity contribution is 7.13. The maximum absolute atomic E-state index is 11.9. The van der Waals surface area contributed by atoms with Gasteiger partial charge in [0.1, 0.15) is 10.7 Å². The Balaban J connectivity index is 1.89. The van der Waals surface area contributed by atoms with Crippen molar-refractivity contribution in [2.45, 2.75) is 13.3 Å². The molecule has 28 heavy (non-hydrogen) atoms. The second-order valence-electron chi connectivity index (χ2n) is 6.05. The highest BCUT2D eigenvalue weighted by atomic mass is 32.1. The van der Waals surface area contributed by atoms with E-state index < -0.39 is 11.9 Å². The Morgan fingerprint density at radius 3 is 2.46 bits per heavy atom. The lowest BCUT2D eigenvalue weighted by Crippen LogP contribution is -2.01. The molecule has 3 heterocycles. The highest BCUT2D eigenvalue weighted by Gasteiger charge is 2.21. The quantitative estimate of drug-likeness (QED) is 0.470. The molecule has 0 amide bonds. The van der Waals surface area contributed by atoms with Gasteiger partial charge in [-0.15, -0.1) is 11.3 Å². The van der Waals surface area contributed by atoms with Crippen LogP contribution in [-0.2, 0) is 6.42 Å². The minimum absolute atomic E-state index is 0.0235. The summed E-state index contributed by atoms with van der Waals surface area (Å²) < 4.78 is 0. The number of hydrogen-bond acceptors (Lipinski definition) is 6. The van der Waals surface area contributed by atoms with E-state index in [0.29, 0.717) is 16.1 Å². The van der Waals surface area contributed by atoms with Crippen molar-refractivity contribution in [3.8, 4) is 22.0 Å². The molecule has 0 aliphatic rings. The summed E-state index contributed by atoms with van der Waals surface area (Å²) in [5, 5.41) is 27.9. The van der Waals surface area contributed by atoms with Crippen molar-refractivity contribution in [2.75, 3.05) is 0 Å². The monoisotopic (exact) mass is 394 g/mol. The summed E-state index contributed by atoms with van der Waals surface area (Å²) >= 11 is 1.08. The van der Waals surface area contributed by atoms with E-state index in [1.165, 1.54) is 17.0 Å². The van der Waals surface area contributed by atoms with E-state index in [4.69, 9.17) is 5.11 Å². The van der Waals surface area contributed by atoms with Gasteiger partial charge < -0.3 is 10.2 Å². The van der Waals surface area contributed by atoms with Gasteiger partial charge in [0.2, 0.25) is 0 Å². The van der Waals surface area contributed by atoms with Crippen molar-refractivity contribution in [1.29, 1.82) is 0 Å². The normalized spacial score (nSPS) is 11.0. The third-order valence-electron chi connectivity index (χ3n) is 4.35. The van der Waals surface area contributed by atoms with E-state index in [2.05, 4.69) is 27.1 Å². The van der Waals surface area contributed by atoms with E-state index in [1.54, 1.807) is 0 Å². The second kappa shape index (κ2) is 6.86. The van der Waals surface area contributed by atoms with Crippen molar-refractivity contribution in [3.63, 3.8) is 0 Å². The number of benzene rings is 1. The first-order chi connectivity index (χ1) is 13.5. The molecule has 8 nitrogen and oxygen atoms in total. The van der Waals surface area contributed by atoms with Gasteiger partial charge in [-0.2, -0.15) is 5.10 Å². The van der Waals surface area contributed by atoms with Crippen LogP contribution in [0.3, 0.4) is 0 Å². The molecular weight excluding hydrogens is 380 g/mol. The molecule has 4 rings (SSSR count). The van der Waals surface area contributed by atoms with Crippen LogP contribution in [0.4, 0.5) is 0 Å². The number of aryl methyl sites for hydroxylation is 1. The fraction of sp³-hybridized carbons (Fsp3) is 0.105. The molecule has 0 bridgehead atoms. The molecule has 140 valence electrons. The van der Waals surface area contributed by atoms with E-state index in [0.717, 1.165) is 23.3 Å². The molecule has 0 radical (unpaired) electrons. The summed E-state index contributed by atoms with van der Waals surface area (Å²) in [6, 6.07) is 9.17. The van der Waals surface area contributed by atoms with Gasteiger partial charge in [-0.05, 0) is 18.1 Å².